The van der Waals surface area contributed by atoms with Crippen LogP contribution < -0.4 is 10.1 Å². The molecule has 0 fully saturated rings. The molecule has 1 N–H and O–H groups in total. The number of carbonyl (C=O) groups is 1. The van der Waals surface area contributed by atoms with Gasteiger partial charge in [0.2, 0.25) is 5.91 Å². The Hall–Kier alpha value is -2.36. The summed E-state index contributed by atoms with van der Waals surface area (Å²) in [7, 11) is 1.67. The quantitative estimate of drug-likeness (QED) is 0.855. The van der Waals surface area contributed by atoms with E-state index in [0.29, 0.717) is 19.4 Å². The van der Waals surface area contributed by atoms with E-state index < -0.39 is 0 Å². The number of aryl methyl sites for hydroxylation is 2. The Kier molecular flexibility index (Phi) is 5.95. The highest BCUT2D eigenvalue weighted by atomic mass is 16.5. The number of benzene rings is 1. The third-order valence-electron chi connectivity index (χ3n) is 3.54. The summed E-state index contributed by atoms with van der Waals surface area (Å²) in [4.78, 5) is 16.0. The van der Waals surface area contributed by atoms with Crippen LogP contribution in [0.5, 0.6) is 5.75 Å². The van der Waals surface area contributed by atoms with Crippen molar-refractivity contribution in [3.8, 4) is 5.75 Å². The number of hydrogen-bond acceptors (Lipinski definition) is 3. The molecular weight excluding hydrogens is 276 g/mol. The van der Waals surface area contributed by atoms with Crippen LogP contribution in [0.1, 0.15) is 23.2 Å². The van der Waals surface area contributed by atoms with Crippen molar-refractivity contribution in [1.29, 1.82) is 0 Å². The summed E-state index contributed by atoms with van der Waals surface area (Å²) in [5.41, 5.74) is 3.22. The molecule has 1 heterocycles. The van der Waals surface area contributed by atoms with E-state index in [9.17, 15) is 4.79 Å². The summed E-state index contributed by atoms with van der Waals surface area (Å²) in [6, 6.07) is 11.9. The summed E-state index contributed by atoms with van der Waals surface area (Å²) in [6.45, 7) is 2.65. The van der Waals surface area contributed by atoms with Gasteiger partial charge in [0.1, 0.15) is 5.75 Å². The maximum atomic E-state index is 11.8. The first-order valence-electron chi connectivity index (χ1n) is 7.49. The van der Waals surface area contributed by atoms with Gasteiger partial charge in [0.05, 0.1) is 7.11 Å². The lowest BCUT2D eigenvalue weighted by Gasteiger charge is -2.08. The molecule has 1 aromatic carbocycles. The zero-order chi connectivity index (χ0) is 15.8. The molecule has 1 amide bonds. The highest BCUT2D eigenvalue weighted by Gasteiger charge is 2.04. The first kappa shape index (κ1) is 16.0. The van der Waals surface area contributed by atoms with E-state index in [4.69, 9.17) is 4.74 Å². The molecule has 0 aliphatic heterocycles. The van der Waals surface area contributed by atoms with Crippen LogP contribution in [0.3, 0.4) is 0 Å². The maximum Gasteiger partial charge on any atom is 0.220 e. The van der Waals surface area contributed by atoms with Crippen LogP contribution in [0.2, 0.25) is 0 Å². The highest BCUT2D eigenvalue weighted by Crippen LogP contribution is 2.18. The van der Waals surface area contributed by atoms with Crippen molar-refractivity contribution in [2.75, 3.05) is 13.7 Å². The Bertz CT molecular complexity index is 612. The SMILES string of the molecule is COc1cc(CCNC(=O)CCc2ccccn2)ccc1C. The third-order valence-corrected chi connectivity index (χ3v) is 3.54. The molecule has 116 valence electrons. The molecule has 0 spiro atoms. The Labute approximate surface area is 131 Å². The van der Waals surface area contributed by atoms with Gasteiger partial charge < -0.3 is 10.1 Å². The van der Waals surface area contributed by atoms with Crippen LogP contribution in [0.4, 0.5) is 0 Å². The number of ether oxygens (including phenoxy) is 1. The normalized spacial score (nSPS) is 10.3. The fraction of sp³-hybridized carbons (Fsp3) is 0.333. The topological polar surface area (TPSA) is 51.2 Å². The molecule has 4 heteroatoms. The van der Waals surface area contributed by atoms with E-state index >= 15 is 0 Å². The Morgan fingerprint density at radius 1 is 1.23 bits per heavy atom. The van der Waals surface area contributed by atoms with Gasteiger partial charge in [0.25, 0.3) is 0 Å². The second kappa shape index (κ2) is 8.17. The molecule has 0 unspecified atom stereocenters. The van der Waals surface area contributed by atoms with Crippen molar-refractivity contribution in [3.63, 3.8) is 0 Å². The molecule has 0 atom stereocenters. The predicted molar refractivity (Wildman–Crippen MR) is 87.0 cm³/mol. The van der Waals surface area contributed by atoms with Crippen LogP contribution in [-0.4, -0.2) is 24.5 Å². The molecule has 2 rings (SSSR count). The summed E-state index contributed by atoms with van der Waals surface area (Å²) in [5.74, 6) is 0.948. The molecule has 0 saturated carbocycles. The van der Waals surface area contributed by atoms with E-state index in [0.717, 1.165) is 29.0 Å². The summed E-state index contributed by atoms with van der Waals surface area (Å²) in [5, 5.41) is 2.95. The lowest BCUT2D eigenvalue weighted by Crippen LogP contribution is -2.26. The van der Waals surface area contributed by atoms with Gasteiger partial charge in [-0.25, -0.2) is 0 Å². The molecule has 1 aromatic heterocycles. The number of aromatic nitrogens is 1. The monoisotopic (exact) mass is 298 g/mol. The zero-order valence-corrected chi connectivity index (χ0v) is 13.1. The fourth-order valence-electron chi connectivity index (χ4n) is 2.24. The minimum atomic E-state index is 0.0599. The van der Waals surface area contributed by atoms with Crippen molar-refractivity contribution in [3.05, 3.63) is 59.4 Å². The predicted octanol–water partition coefficient (Wildman–Crippen LogP) is 2.69. The molecule has 2 aromatic rings. The van der Waals surface area contributed by atoms with Crippen molar-refractivity contribution < 1.29 is 9.53 Å². The number of amides is 1. The van der Waals surface area contributed by atoms with Crippen molar-refractivity contribution in [2.45, 2.75) is 26.2 Å². The number of nitrogens with one attached hydrogen (secondary N) is 1. The smallest absolute Gasteiger partial charge is 0.220 e. The van der Waals surface area contributed by atoms with E-state index in [-0.39, 0.29) is 5.91 Å². The molecule has 22 heavy (non-hydrogen) atoms. The van der Waals surface area contributed by atoms with Gasteiger partial charge >= 0.3 is 0 Å². The Balaban J connectivity index is 1.73. The first-order chi connectivity index (χ1) is 10.7. The molecule has 0 bridgehead atoms. The van der Waals surface area contributed by atoms with E-state index in [1.807, 2.05) is 37.3 Å². The van der Waals surface area contributed by atoms with Crippen LogP contribution in [-0.2, 0) is 17.6 Å². The number of nitrogens with zero attached hydrogens (tertiary/aromatic N) is 1. The summed E-state index contributed by atoms with van der Waals surface area (Å²) >= 11 is 0. The second-order valence-corrected chi connectivity index (χ2v) is 5.23. The molecule has 0 saturated heterocycles. The third kappa shape index (κ3) is 4.88. The molecular formula is C18H22N2O2. The minimum absolute atomic E-state index is 0.0599. The van der Waals surface area contributed by atoms with Gasteiger partial charge in [0.15, 0.2) is 0 Å². The van der Waals surface area contributed by atoms with Crippen molar-refractivity contribution in [2.24, 2.45) is 0 Å². The number of pyridine rings is 1. The van der Waals surface area contributed by atoms with Gasteiger partial charge in [-0.2, -0.15) is 0 Å². The van der Waals surface area contributed by atoms with Crippen LogP contribution in [0.15, 0.2) is 42.6 Å². The fourth-order valence-corrected chi connectivity index (χ4v) is 2.24. The number of hydrogen-bond donors (Lipinski definition) is 1. The van der Waals surface area contributed by atoms with Gasteiger partial charge in [-0.1, -0.05) is 18.2 Å². The molecule has 4 nitrogen and oxygen atoms in total. The average Bonchev–Trinajstić information content (AvgIpc) is 2.55. The number of rotatable bonds is 7. The highest BCUT2D eigenvalue weighted by molar-refractivity contribution is 5.76. The lowest BCUT2D eigenvalue weighted by atomic mass is 10.1. The van der Waals surface area contributed by atoms with Gasteiger partial charge in [0, 0.05) is 24.9 Å². The number of methoxy groups -OCH3 is 1. The standard InChI is InChI=1S/C18H22N2O2/c1-14-6-7-15(13-17(14)22-2)10-12-20-18(21)9-8-16-5-3-4-11-19-16/h3-7,11,13H,8-10,12H2,1-2H3,(H,20,21). The number of carbonyl (C=O) groups excluding carboxylic acids is 1. The largest absolute Gasteiger partial charge is 0.496 e. The van der Waals surface area contributed by atoms with Crippen LogP contribution in [0, 0.1) is 6.92 Å². The maximum absolute atomic E-state index is 11.8. The van der Waals surface area contributed by atoms with E-state index in [1.54, 1.807) is 13.3 Å². The Morgan fingerprint density at radius 2 is 2.09 bits per heavy atom. The molecule has 0 aliphatic rings. The zero-order valence-electron chi connectivity index (χ0n) is 13.1. The van der Waals surface area contributed by atoms with Crippen molar-refractivity contribution in [1.82, 2.24) is 10.3 Å². The van der Waals surface area contributed by atoms with E-state index in [2.05, 4.69) is 16.4 Å². The van der Waals surface area contributed by atoms with Crippen molar-refractivity contribution >= 4 is 5.91 Å². The van der Waals surface area contributed by atoms with Gasteiger partial charge in [-0.3, -0.25) is 9.78 Å². The van der Waals surface area contributed by atoms with Crippen LogP contribution in [0.25, 0.3) is 0 Å². The molecule has 0 radical (unpaired) electrons. The van der Waals surface area contributed by atoms with Gasteiger partial charge in [-0.05, 0) is 49.1 Å². The summed E-state index contributed by atoms with van der Waals surface area (Å²) in [6.07, 6.45) is 3.68. The first-order valence-corrected chi connectivity index (χ1v) is 7.49. The van der Waals surface area contributed by atoms with Crippen LogP contribution >= 0.6 is 0 Å². The minimum Gasteiger partial charge on any atom is -0.496 e. The Morgan fingerprint density at radius 3 is 2.82 bits per heavy atom. The van der Waals surface area contributed by atoms with E-state index in [1.165, 1.54) is 0 Å². The lowest BCUT2D eigenvalue weighted by molar-refractivity contribution is -0.121. The molecule has 0 aliphatic carbocycles. The second-order valence-electron chi connectivity index (χ2n) is 5.23. The van der Waals surface area contributed by atoms with Gasteiger partial charge in [-0.15, -0.1) is 0 Å². The average molecular weight is 298 g/mol. The summed E-state index contributed by atoms with van der Waals surface area (Å²) < 4.78 is 5.31.